The molecule has 2 aromatic carbocycles. The van der Waals surface area contributed by atoms with Crippen molar-refractivity contribution in [2.24, 2.45) is 4.99 Å². The third-order valence-electron chi connectivity index (χ3n) is 5.05. The molecule has 0 aliphatic rings. The molecule has 12 heteroatoms. The molecule has 0 saturated heterocycles. The van der Waals surface area contributed by atoms with E-state index in [1.54, 1.807) is 19.2 Å². The van der Waals surface area contributed by atoms with E-state index in [1.807, 2.05) is 22.8 Å². The van der Waals surface area contributed by atoms with Crippen molar-refractivity contribution in [3.63, 3.8) is 0 Å². The van der Waals surface area contributed by atoms with Crippen LogP contribution in [0.4, 0.5) is 0 Å². The number of amides is 1. The van der Waals surface area contributed by atoms with Crippen LogP contribution in [0.1, 0.15) is 23.2 Å². The summed E-state index contributed by atoms with van der Waals surface area (Å²) in [4.78, 5) is 17.6. The van der Waals surface area contributed by atoms with Gasteiger partial charge in [0.2, 0.25) is 10.0 Å². The fraction of sp³-hybridized carbons (Fsp3) is 0.304. The van der Waals surface area contributed by atoms with Crippen LogP contribution >= 0.6 is 22.9 Å². The molecular formula is C23H22ClN5O4S2. The first kappa shape index (κ1) is 26.5. The van der Waals surface area contributed by atoms with E-state index in [-0.39, 0.29) is 36.4 Å². The summed E-state index contributed by atoms with van der Waals surface area (Å²) in [5.74, 6) is -0.524. The van der Waals surface area contributed by atoms with Gasteiger partial charge in [-0.3, -0.25) is 4.79 Å². The first-order chi connectivity index (χ1) is 16.8. The first-order valence-electron chi connectivity index (χ1n) is 10.5. The lowest BCUT2D eigenvalue weighted by Crippen LogP contribution is -2.32. The minimum atomic E-state index is -3.92. The minimum absolute atomic E-state index is 0.00353. The SMILES string of the molecule is COCCn1c(=NC(=O)c2ccc(S(=O)(=O)N(CCC#N)CCC#N)cc2)sc2cc(Cl)ccc21. The molecule has 0 fully saturated rings. The Kier molecular flexibility index (Phi) is 9.15. The molecule has 0 saturated carbocycles. The Morgan fingerprint density at radius 3 is 2.40 bits per heavy atom. The van der Waals surface area contributed by atoms with Gasteiger partial charge in [-0.05, 0) is 42.5 Å². The van der Waals surface area contributed by atoms with Gasteiger partial charge in [0.1, 0.15) is 0 Å². The number of carbonyl (C=O) groups excluding carboxylic acids is 1. The van der Waals surface area contributed by atoms with Crippen LogP contribution in [0.2, 0.25) is 5.02 Å². The highest BCUT2D eigenvalue weighted by atomic mass is 35.5. The molecule has 0 atom stereocenters. The molecule has 182 valence electrons. The second kappa shape index (κ2) is 12.1. The van der Waals surface area contributed by atoms with Gasteiger partial charge in [0, 0.05) is 50.2 Å². The van der Waals surface area contributed by atoms with E-state index in [0.717, 1.165) is 14.5 Å². The Hall–Kier alpha value is -3.06. The monoisotopic (exact) mass is 531 g/mol. The molecule has 0 bridgehead atoms. The molecule has 9 nitrogen and oxygen atoms in total. The number of hydrogen-bond acceptors (Lipinski definition) is 7. The number of ether oxygens (including phenoxy) is 1. The fourth-order valence-electron chi connectivity index (χ4n) is 3.30. The molecule has 0 spiro atoms. The van der Waals surface area contributed by atoms with Gasteiger partial charge in [0.15, 0.2) is 4.80 Å². The molecule has 0 aliphatic carbocycles. The number of benzene rings is 2. The number of aromatic nitrogens is 1. The summed E-state index contributed by atoms with van der Waals surface area (Å²) in [7, 11) is -2.34. The van der Waals surface area contributed by atoms with Crippen molar-refractivity contribution in [3.8, 4) is 12.1 Å². The molecule has 0 radical (unpaired) electrons. The van der Waals surface area contributed by atoms with Crippen LogP contribution < -0.4 is 4.80 Å². The van der Waals surface area contributed by atoms with E-state index in [4.69, 9.17) is 26.9 Å². The topological polar surface area (TPSA) is 129 Å². The summed E-state index contributed by atoms with van der Waals surface area (Å²) in [5, 5.41) is 18.2. The lowest BCUT2D eigenvalue weighted by molar-refractivity contribution is 0.0997. The second-order valence-electron chi connectivity index (χ2n) is 7.30. The van der Waals surface area contributed by atoms with Crippen molar-refractivity contribution in [3.05, 3.63) is 57.9 Å². The molecule has 0 aliphatic heterocycles. The molecule has 1 aromatic heterocycles. The van der Waals surface area contributed by atoms with E-state index in [9.17, 15) is 13.2 Å². The molecule has 0 unspecified atom stereocenters. The van der Waals surface area contributed by atoms with Crippen molar-refractivity contribution < 1.29 is 17.9 Å². The summed E-state index contributed by atoms with van der Waals surface area (Å²) in [6, 6.07) is 14.7. The van der Waals surface area contributed by atoms with Crippen molar-refractivity contribution in [2.75, 3.05) is 26.8 Å². The third kappa shape index (κ3) is 6.34. The van der Waals surface area contributed by atoms with Gasteiger partial charge in [-0.2, -0.15) is 19.8 Å². The summed E-state index contributed by atoms with van der Waals surface area (Å²) < 4.78 is 35.0. The predicted octanol–water partition coefficient (Wildman–Crippen LogP) is 3.56. The van der Waals surface area contributed by atoms with Crippen LogP contribution in [-0.2, 0) is 21.3 Å². The molecule has 3 aromatic rings. The quantitative estimate of drug-likeness (QED) is 0.393. The van der Waals surface area contributed by atoms with Gasteiger partial charge >= 0.3 is 0 Å². The Labute approximate surface area is 212 Å². The lowest BCUT2D eigenvalue weighted by Gasteiger charge is -2.20. The van der Waals surface area contributed by atoms with Gasteiger partial charge in [-0.25, -0.2) is 8.42 Å². The van der Waals surface area contributed by atoms with Crippen LogP contribution in [0.5, 0.6) is 0 Å². The Morgan fingerprint density at radius 2 is 1.80 bits per heavy atom. The van der Waals surface area contributed by atoms with Crippen LogP contribution in [0.3, 0.4) is 0 Å². The van der Waals surface area contributed by atoms with E-state index < -0.39 is 15.9 Å². The number of carbonyl (C=O) groups is 1. The number of thiazole rings is 1. The number of methoxy groups -OCH3 is 1. The fourth-order valence-corrected chi connectivity index (χ4v) is 6.07. The average molecular weight is 532 g/mol. The van der Waals surface area contributed by atoms with Crippen molar-refractivity contribution in [1.29, 1.82) is 10.5 Å². The highest BCUT2D eigenvalue weighted by Crippen LogP contribution is 2.22. The van der Waals surface area contributed by atoms with Crippen molar-refractivity contribution >= 4 is 49.1 Å². The van der Waals surface area contributed by atoms with Gasteiger partial charge in [0.05, 0.1) is 33.9 Å². The van der Waals surface area contributed by atoms with E-state index >= 15 is 0 Å². The number of nitrogens with zero attached hydrogens (tertiary/aromatic N) is 5. The number of nitriles is 2. The number of rotatable bonds is 10. The summed E-state index contributed by atoms with van der Waals surface area (Å²) >= 11 is 7.43. The maximum absolute atomic E-state index is 13.0. The molecule has 1 heterocycles. The number of fused-ring (bicyclic) bond motifs is 1. The van der Waals surface area contributed by atoms with E-state index in [2.05, 4.69) is 4.99 Å². The van der Waals surface area contributed by atoms with Gasteiger partial charge in [0.25, 0.3) is 5.91 Å². The number of hydrogen-bond donors (Lipinski definition) is 0. The van der Waals surface area contributed by atoms with Crippen LogP contribution in [0, 0.1) is 22.7 Å². The zero-order valence-corrected chi connectivity index (χ0v) is 21.2. The van der Waals surface area contributed by atoms with Crippen LogP contribution in [-0.4, -0.2) is 50.0 Å². The molecule has 3 rings (SSSR count). The van der Waals surface area contributed by atoms with E-state index in [0.29, 0.717) is 23.0 Å². The summed E-state index contributed by atoms with van der Waals surface area (Å²) in [5.41, 5.74) is 1.10. The van der Waals surface area contributed by atoms with Gasteiger partial charge in [-0.1, -0.05) is 22.9 Å². The maximum Gasteiger partial charge on any atom is 0.279 e. The first-order valence-corrected chi connectivity index (χ1v) is 13.2. The number of halogens is 1. The summed E-state index contributed by atoms with van der Waals surface area (Å²) in [6.45, 7) is 0.876. The highest BCUT2D eigenvalue weighted by molar-refractivity contribution is 7.89. The molecule has 1 amide bonds. The second-order valence-corrected chi connectivity index (χ2v) is 10.7. The third-order valence-corrected chi connectivity index (χ3v) is 8.24. The lowest BCUT2D eigenvalue weighted by atomic mass is 10.2. The van der Waals surface area contributed by atoms with Crippen molar-refractivity contribution in [2.45, 2.75) is 24.3 Å². The largest absolute Gasteiger partial charge is 0.383 e. The Morgan fingerprint density at radius 1 is 1.14 bits per heavy atom. The van der Waals surface area contributed by atoms with Crippen molar-refractivity contribution in [1.82, 2.24) is 8.87 Å². The Bertz CT molecular complexity index is 1450. The zero-order chi connectivity index (χ0) is 25.4. The zero-order valence-electron chi connectivity index (χ0n) is 18.8. The molecular weight excluding hydrogens is 510 g/mol. The molecule has 35 heavy (non-hydrogen) atoms. The normalized spacial score (nSPS) is 12.1. The van der Waals surface area contributed by atoms with Crippen LogP contribution in [0.25, 0.3) is 10.2 Å². The Balaban J connectivity index is 1.92. The van der Waals surface area contributed by atoms with Crippen LogP contribution in [0.15, 0.2) is 52.4 Å². The number of sulfonamides is 1. The standard InChI is InChI=1S/C23H22ClN5O4S2/c1-33-15-14-29-20-9-6-18(24)16-21(20)34-23(29)27-22(30)17-4-7-19(8-5-17)35(31,32)28(12-2-10-25)13-3-11-26/h4-9,16H,2-3,12-15H2,1H3. The minimum Gasteiger partial charge on any atom is -0.383 e. The maximum atomic E-state index is 13.0. The predicted molar refractivity (Wildman–Crippen MR) is 132 cm³/mol. The smallest absolute Gasteiger partial charge is 0.279 e. The van der Waals surface area contributed by atoms with E-state index in [1.165, 1.54) is 35.6 Å². The van der Waals surface area contributed by atoms with Gasteiger partial charge < -0.3 is 9.30 Å². The highest BCUT2D eigenvalue weighted by Gasteiger charge is 2.24. The average Bonchev–Trinajstić information content (AvgIpc) is 3.18. The van der Waals surface area contributed by atoms with Gasteiger partial charge in [-0.15, -0.1) is 0 Å². The molecule has 0 N–H and O–H groups in total. The summed E-state index contributed by atoms with van der Waals surface area (Å²) in [6.07, 6.45) is 0.00706.